The average Bonchev–Trinajstić information content (AvgIpc) is 2.52. The van der Waals surface area contributed by atoms with E-state index in [1.807, 2.05) is 49.4 Å². The van der Waals surface area contributed by atoms with Crippen molar-refractivity contribution < 1.29 is 0 Å². The summed E-state index contributed by atoms with van der Waals surface area (Å²) in [4.78, 5) is 4.05. The minimum Gasteiger partial charge on any atom is -0.357 e. The van der Waals surface area contributed by atoms with Crippen LogP contribution in [0.25, 0.3) is 0 Å². The third-order valence-electron chi connectivity index (χ3n) is 2.70. The molecule has 0 atom stereocenters. The summed E-state index contributed by atoms with van der Waals surface area (Å²) >= 11 is 5.18. The molecule has 0 saturated carbocycles. The summed E-state index contributed by atoms with van der Waals surface area (Å²) in [6, 6.07) is 13.9. The Labute approximate surface area is 123 Å². The molecule has 1 aromatic carbocycles. The van der Waals surface area contributed by atoms with E-state index in [4.69, 9.17) is 12.2 Å². The maximum absolute atomic E-state index is 5.18. The predicted octanol–water partition coefficient (Wildman–Crippen LogP) is 2.47. The molecule has 0 unspecified atom stereocenters. The smallest absolute Gasteiger partial charge is 0.187 e. The number of rotatable bonds is 4. The van der Waals surface area contributed by atoms with E-state index < -0.39 is 0 Å². The number of nitrogens with zero attached hydrogens (tertiary/aromatic N) is 2. The standard InChI is InChI=1S/C15H16N4S/c1-12(14-8-5-9-16-11-14)18-19-15(20)17-10-13-6-3-2-4-7-13/h2-9,11H,10H2,1H3,(H2,17,19,20)/b18-12+. The van der Waals surface area contributed by atoms with Crippen LogP contribution in [0.15, 0.2) is 60.0 Å². The molecule has 2 rings (SSSR count). The van der Waals surface area contributed by atoms with Gasteiger partial charge in [-0.15, -0.1) is 0 Å². The van der Waals surface area contributed by atoms with Crippen LogP contribution >= 0.6 is 12.2 Å². The molecule has 20 heavy (non-hydrogen) atoms. The van der Waals surface area contributed by atoms with E-state index in [1.165, 1.54) is 5.56 Å². The fourth-order valence-electron chi connectivity index (χ4n) is 1.59. The van der Waals surface area contributed by atoms with Gasteiger partial charge in [0.05, 0.1) is 5.71 Å². The molecule has 1 heterocycles. The van der Waals surface area contributed by atoms with E-state index in [0.717, 1.165) is 11.3 Å². The highest BCUT2D eigenvalue weighted by Crippen LogP contribution is 1.98. The highest BCUT2D eigenvalue weighted by Gasteiger charge is 1.98. The highest BCUT2D eigenvalue weighted by atomic mass is 32.1. The van der Waals surface area contributed by atoms with Gasteiger partial charge in [0.1, 0.15) is 0 Å². The first-order valence-corrected chi connectivity index (χ1v) is 6.69. The molecule has 0 aliphatic rings. The molecular weight excluding hydrogens is 268 g/mol. The van der Waals surface area contributed by atoms with Gasteiger partial charge in [-0.3, -0.25) is 10.4 Å². The second kappa shape index (κ2) is 7.35. The van der Waals surface area contributed by atoms with E-state index in [0.29, 0.717) is 11.7 Å². The van der Waals surface area contributed by atoms with Crippen molar-refractivity contribution >= 4 is 23.0 Å². The van der Waals surface area contributed by atoms with Gasteiger partial charge < -0.3 is 5.32 Å². The van der Waals surface area contributed by atoms with Crippen LogP contribution in [0.3, 0.4) is 0 Å². The van der Waals surface area contributed by atoms with Crippen molar-refractivity contribution in [3.63, 3.8) is 0 Å². The van der Waals surface area contributed by atoms with Crippen LogP contribution in [0.5, 0.6) is 0 Å². The average molecular weight is 284 g/mol. The van der Waals surface area contributed by atoms with Crippen LogP contribution in [-0.4, -0.2) is 15.8 Å². The molecule has 0 fully saturated rings. The van der Waals surface area contributed by atoms with E-state index in [1.54, 1.807) is 12.4 Å². The Morgan fingerprint density at radius 2 is 2.00 bits per heavy atom. The van der Waals surface area contributed by atoms with Crippen molar-refractivity contribution in [2.45, 2.75) is 13.5 Å². The third-order valence-corrected chi connectivity index (χ3v) is 2.94. The van der Waals surface area contributed by atoms with Crippen molar-refractivity contribution in [1.29, 1.82) is 0 Å². The van der Waals surface area contributed by atoms with Gasteiger partial charge in [0.25, 0.3) is 0 Å². The van der Waals surface area contributed by atoms with Gasteiger partial charge in [0.2, 0.25) is 0 Å². The maximum atomic E-state index is 5.18. The molecule has 2 aromatic rings. The molecular formula is C15H16N4S. The molecule has 0 spiro atoms. The molecule has 0 amide bonds. The number of hydrazone groups is 1. The SMILES string of the molecule is C/C(=N\NC(=S)NCc1ccccc1)c1cccnc1. The van der Waals surface area contributed by atoms with Gasteiger partial charge in [-0.05, 0) is 30.8 Å². The van der Waals surface area contributed by atoms with Gasteiger partial charge in [-0.2, -0.15) is 5.10 Å². The lowest BCUT2D eigenvalue weighted by atomic mass is 10.2. The van der Waals surface area contributed by atoms with Gasteiger partial charge in [-0.1, -0.05) is 36.4 Å². The Morgan fingerprint density at radius 3 is 2.70 bits per heavy atom. The van der Waals surface area contributed by atoms with Crippen molar-refractivity contribution in [3.05, 3.63) is 66.0 Å². The zero-order chi connectivity index (χ0) is 14.2. The monoisotopic (exact) mass is 284 g/mol. The van der Waals surface area contributed by atoms with Crippen LogP contribution in [0.4, 0.5) is 0 Å². The lowest BCUT2D eigenvalue weighted by molar-refractivity contribution is 0.866. The van der Waals surface area contributed by atoms with Crippen molar-refractivity contribution in [1.82, 2.24) is 15.7 Å². The summed E-state index contributed by atoms with van der Waals surface area (Å²) in [6.45, 7) is 2.58. The second-order valence-electron chi connectivity index (χ2n) is 4.22. The quantitative estimate of drug-likeness (QED) is 0.514. The van der Waals surface area contributed by atoms with E-state index in [-0.39, 0.29) is 0 Å². The number of aromatic nitrogens is 1. The Morgan fingerprint density at radius 1 is 1.20 bits per heavy atom. The van der Waals surface area contributed by atoms with Crippen LogP contribution < -0.4 is 10.7 Å². The molecule has 5 heteroatoms. The summed E-state index contributed by atoms with van der Waals surface area (Å²) in [7, 11) is 0. The zero-order valence-corrected chi connectivity index (χ0v) is 12.0. The molecule has 1 aromatic heterocycles. The first kappa shape index (κ1) is 14.1. The number of hydrogen-bond donors (Lipinski definition) is 2. The summed E-state index contributed by atoms with van der Waals surface area (Å²) < 4.78 is 0. The third kappa shape index (κ3) is 4.44. The van der Waals surface area contributed by atoms with Crippen LogP contribution in [0.2, 0.25) is 0 Å². The number of benzene rings is 1. The van der Waals surface area contributed by atoms with Crippen molar-refractivity contribution in [3.8, 4) is 0 Å². The second-order valence-corrected chi connectivity index (χ2v) is 4.63. The topological polar surface area (TPSA) is 49.3 Å². The largest absolute Gasteiger partial charge is 0.357 e. The summed E-state index contributed by atoms with van der Waals surface area (Å²) in [5, 5.41) is 7.83. The fraction of sp³-hybridized carbons (Fsp3) is 0.133. The first-order valence-electron chi connectivity index (χ1n) is 6.28. The van der Waals surface area contributed by atoms with Crippen LogP contribution in [-0.2, 0) is 6.54 Å². The van der Waals surface area contributed by atoms with Crippen LogP contribution in [0.1, 0.15) is 18.1 Å². The molecule has 4 nitrogen and oxygen atoms in total. The lowest BCUT2D eigenvalue weighted by Crippen LogP contribution is -2.32. The Hall–Kier alpha value is -2.27. The normalized spacial score (nSPS) is 10.9. The molecule has 0 saturated heterocycles. The zero-order valence-electron chi connectivity index (χ0n) is 11.2. The van der Waals surface area contributed by atoms with Crippen LogP contribution in [0, 0.1) is 0 Å². The first-order chi connectivity index (χ1) is 9.75. The van der Waals surface area contributed by atoms with E-state index in [2.05, 4.69) is 20.8 Å². The molecule has 2 N–H and O–H groups in total. The Bertz CT molecular complexity index is 581. The van der Waals surface area contributed by atoms with E-state index >= 15 is 0 Å². The molecule has 0 aliphatic heterocycles. The minimum atomic E-state index is 0.497. The van der Waals surface area contributed by atoms with Gasteiger partial charge in [0, 0.05) is 24.5 Å². The summed E-state index contributed by atoms with van der Waals surface area (Å²) in [5.74, 6) is 0. The number of pyridine rings is 1. The Balaban J connectivity index is 1.83. The van der Waals surface area contributed by atoms with Gasteiger partial charge in [0.15, 0.2) is 5.11 Å². The molecule has 102 valence electrons. The van der Waals surface area contributed by atoms with Crippen molar-refractivity contribution in [2.24, 2.45) is 5.10 Å². The van der Waals surface area contributed by atoms with Gasteiger partial charge in [-0.25, -0.2) is 0 Å². The summed E-state index contributed by atoms with van der Waals surface area (Å²) in [5.41, 5.74) is 5.80. The Kier molecular flexibility index (Phi) is 5.20. The minimum absolute atomic E-state index is 0.497. The number of thiocarbonyl (C=S) groups is 1. The van der Waals surface area contributed by atoms with Gasteiger partial charge >= 0.3 is 0 Å². The molecule has 0 aliphatic carbocycles. The lowest BCUT2D eigenvalue weighted by Gasteiger charge is -2.08. The molecule has 0 radical (unpaired) electrons. The van der Waals surface area contributed by atoms with E-state index in [9.17, 15) is 0 Å². The highest BCUT2D eigenvalue weighted by molar-refractivity contribution is 7.80. The fourth-order valence-corrected chi connectivity index (χ4v) is 1.71. The number of nitrogens with one attached hydrogen (secondary N) is 2. The number of hydrogen-bond acceptors (Lipinski definition) is 3. The molecule has 0 bridgehead atoms. The summed E-state index contributed by atoms with van der Waals surface area (Å²) in [6.07, 6.45) is 3.50. The predicted molar refractivity (Wildman–Crippen MR) is 85.5 cm³/mol. The maximum Gasteiger partial charge on any atom is 0.187 e. The van der Waals surface area contributed by atoms with Crippen molar-refractivity contribution in [2.75, 3.05) is 0 Å².